The van der Waals surface area contributed by atoms with Crippen molar-refractivity contribution in [2.75, 3.05) is 31.6 Å². The van der Waals surface area contributed by atoms with E-state index in [0.29, 0.717) is 54.7 Å². The molecule has 4 rings (SSSR count). The molecule has 3 aromatic rings. The lowest BCUT2D eigenvalue weighted by Crippen LogP contribution is -2.38. The Labute approximate surface area is 203 Å². The van der Waals surface area contributed by atoms with Gasteiger partial charge in [-0.05, 0) is 38.5 Å². The topological polar surface area (TPSA) is 85.7 Å². The maximum Gasteiger partial charge on any atom is 0.259 e. The molecule has 0 atom stereocenters. The summed E-state index contributed by atoms with van der Waals surface area (Å²) in [6.07, 6.45) is 0. The van der Waals surface area contributed by atoms with Crippen LogP contribution < -0.4 is 14.8 Å². The van der Waals surface area contributed by atoms with E-state index in [2.05, 4.69) is 10.4 Å². The second kappa shape index (κ2) is 10.2. The SMILES string of the molecule is CCN(CC(=O)Nc1ccc2c(c1)OCCO2)C(=O)c1c(C)nn(Cc2ccc(C)cc2)c1Cl. The van der Waals surface area contributed by atoms with E-state index in [1.54, 1.807) is 29.8 Å². The molecule has 1 N–H and O–H groups in total. The minimum Gasteiger partial charge on any atom is -0.486 e. The Balaban J connectivity index is 1.45. The number of likely N-dealkylation sites (N-methyl/N-ethyl adjacent to an activating group) is 1. The van der Waals surface area contributed by atoms with Crippen molar-refractivity contribution in [3.05, 3.63) is 70.0 Å². The van der Waals surface area contributed by atoms with Crippen LogP contribution in [0, 0.1) is 13.8 Å². The van der Waals surface area contributed by atoms with Gasteiger partial charge in [0.25, 0.3) is 5.91 Å². The minimum atomic E-state index is -0.336. The lowest BCUT2D eigenvalue weighted by atomic mass is 10.1. The van der Waals surface area contributed by atoms with Gasteiger partial charge in [0.15, 0.2) is 11.5 Å². The fraction of sp³-hybridized carbons (Fsp3) is 0.320. The van der Waals surface area contributed by atoms with E-state index in [9.17, 15) is 9.59 Å². The summed E-state index contributed by atoms with van der Waals surface area (Å²) in [6.45, 7) is 7.20. The summed E-state index contributed by atoms with van der Waals surface area (Å²) in [4.78, 5) is 27.4. The van der Waals surface area contributed by atoms with E-state index in [0.717, 1.165) is 11.1 Å². The summed E-state index contributed by atoms with van der Waals surface area (Å²) in [6, 6.07) is 13.2. The van der Waals surface area contributed by atoms with Crippen LogP contribution in [-0.4, -0.2) is 52.8 Å². The quantitative estimate of drug-likeness (QED) is 0.548. The summed E-state index contributed by atoms with van der Waals surface area (Å²) in [7, 11) is 0. The first kappa shape index (κ1) is 23.6. The van der Waals surface area contributed by atoms with Crippen LogP contribution >= 0.6 is 11.6 Å². The summed E-state index contributed by atoms with van der Waals surface area (Å²) >= 11 is 6.57. The molecule has 2 amide bonds. The zero-order valence-electron chi connectivity index (χ0n) is 19.4. The number of benzene rings is 2. The van der Waals surface area contributed by atoms with Crippen LogP contribution in [0.4, 0.5) is 5.69 Å². The van der Waals surface area contributed by atoms with Crippen molar-refractivity contribution in [3.63, 3.8) is 0 Å². The van der Waals surface area contributed by atoms with E-state index < -0.39 is 0 Å². The molecule has 0 saturated heterocycles. The van der Waals surface area contributed by atoms with Crippen molar-refractivity contribution in [2.24, 2.45) is 0 Å². The van der Waals surface area contributed by atoms with E-state index in [-0.39, 0.29) is 23.5 Å². The molecular weight excluding hydrogens is 456 g/mol. The number of amides is 2. The molecule has 2 aromatic carbocycles. The zero-order valence-corrected chi connectivity index (χ0v) is 20.2. The van der Waals surface area contributed by atoms with Crippen molar-refractivity contribution in [2.45, 2.75) is 27.3 Å². The number of aryl methyl sites for hydroxylation is 2. The Kier molecular flexibility index (Phi) is 7.07. The standard InChI is InChI=1S/C25H27ClN4O4/c1-4-29(15-22(31)27-19-9-10-20-21(13-19)34-12-11-33-20)25(32)23-17(3)28-30(24(23)26)14-18-7-5-16(2)6-8-18/h5-10,13H,4,11-12,14-15H2,1-3H3,(H,27,31). The Morgan fingerprint density at radius 3 is 2.50 bits per heavy atom. The highest BCUT2D eigenvalue weighted by Crippen LogP contribution is 2.32. The molecule has 1 aromatic heterocycles. The molecule has 0 radical (unpaired) electrons. The summed E-state index contributed by atoms with van der Waals surface area (Å²) in [5, 5.41) is 7.54. The van der Waals surface area contributed by atoms with Crippen LogP contribution in [-0.2, 0) is 11.3 Å². The van der Waals surface area contributed by atoms with Crippen molar-refractivity contribution >= 4 is 29.1 Å². The highest BCUT2D eigenvalue weighted by molar-refractivity contribution is 6.33. The molecule has 178 valence electrons. The number of rotatable bonds is 7. The number of aromatic nitrogens is 2. The van der Waals surface area contributed by atoms with Gasteiger partial charge in [-0.25, -0.2) is 4.68 Å². The molecule has 8 nitrogen and oxygen atoms in total. The number of nitrogens with one attached hydrogen (secondary N) is 1. The van der Waals surface area contributed by atoms with Gasteiger partial charge in [-0.1, -0.05) is 41.4 Å². The van der Waals surface area contributed by atoms with Crippen molar-refractivity contribution in [3.8, 4) is 11.5 Å². The number of hydrogen-bond acceptors (Lipinski definition) is 5. The van der Waals surface area contributed by atoms with Gasteiger partial charge >= 0.3 is 0 Å². The van der Waals surface area contributed by atoms with Gasteiger partial charge in [0.2, 0.25) is 5.91 Å². The number of ether oxygens (including phenoxy) is 2. The Bertz CT molecular complexity index is 1210. The third-order valence-electron chi connectivity index (χ3n) is 5.56. The normalized spacial score (nSPS) is 12.4. The van der Waals surface area contributed by atoms with Crippen LogP contribution in [0.15, 0.2) is 42.5 Å². The molecule has 0 fully saturated rings. The first-order valence-electron chi connectivity index (χ1n) is 11.1. The summed E-state index contributed by atoms with van der Waals surface area (Å²) in [5.74, 6) is 0.559. The maximum absolute atomic E-state index is 13.3. The predicted molar refractivity (Wildman–Crippen MR) is 130 cm³/mol. The first-order valence-corrected chi connectivity index (χ1v) is 11.5. The smallest absolute Gasteiger partial charge is 0.259 e. The minimum absolute atomic E-state index is 0.122. The van der Waals surface area contributed by atoms with Gasteiger partial charge in [0, 0.05) is 18.3 Å². The third kappa shape index (κ3) is 5.17. The highest BCUT2D eigenvalue weighted by Gasteiger charge is 2.26. The molecule has 34 heavy (non-hydrogen) atoms. The molecule has 0 unspecified atom stereocenters. The number of nitrogens with zero attached hydrogens (tertiary/aromatic N) is 3. The highest BCUT2D eigenvalue weighted by atomic mass is 35.5. The monoisotopic (exact) mass is 482 g/mol. The second-order valence-electron chi connectivity index (χ2n) is 8.12. The molecule has 0 bridgehead atoms. The maximum atomic E-state index is 13.3. The van der Waals surface area contributed by atoms with E-state index in [1.165, 1.54) is 4.90 Å². The molecule has 2 heterocycles. The largest absolute Gasteiger partial charge is 0.486 e. The molecule has 0 saturated carbocycles. The van der Waals surface area contributed by atoms with Crippen LogP contribution in [0.3, 0.4) is 0 Å². The van der Waals surface area contributed by atoms with Gasteiger partial charge in [-0.2, -0.15) is 5.10 Å². The summed E-state index contributed by atoms with van der Waals surface area (Å²) in [5.41, 5.74) is 3.59. The van der Waals surface area contributed by atoms with Gasteiger partial charge in [-0.3, -0.25) is 9.59 Å². The van der Waals surface area contributed by atoms with Crippen LogP contribution in [0.25, 0.3) is 0 Å². The Hall–Kier alpha value is -3.52. The van der Waals surface area contributed by atoms with Crippen LogP contribution in [0.5, 0.6) is 11.5 Å². The lowest BCUT2D eigenvalue weighted by Gasteiger charge is -2.21. The van der Waals surface area contributed by atoms with Gasteiger partial charge < -0.3 is 19.7 Å². The van der Waals surface area contributed by atoms with Crippen molar-refractivity contribution in [1.82, 2.24) is 14.7 Å². The second-order valence-corrected chi connectivity index (χ2v) is 8.48. The Morgan fingerprint density at radius 2 is 1.79 bits per heavy atom. The predicted octanol–water partition coefficient (Wildman–Crippen LogP) is 4.07. The lowest BCUT2D eigenvalue weighted by molar-refractivity contribution is -0.116. The molecule has 1 aliphatic rings. The molecule has 1 aliphatic heterocycles. The number of hydrogen-bond donors (Lipinski definition) is 1. The molecule has 0 spiro atoms. The van der Waals surface area contributed by atoms with Gasteiger partial charge in [0.1, 0.15) is 24.9 Å². The number of fused-ring (bicyclic) bond motifs is 1. The van der Waals surface area contributed by atoms with Gasteiger partial charge in [0.05, 0.1) is 17.8 Å². The number of carbonyl (C=O) groups is 2. The van der Waals surface area contributed by atoms with Crippen molar-refractivity contribution in [1.29, 1.82) is 0 Å². The average molecular weight is 483 g/mol. The average Bonchev–Trinajstić information content (AvgIpc) is 3.11. The van der Waals surface area contributed by atoms with Crippen LogP contribution in [0.2, 0.25) is 5.15 Å². The molecule has 9 heteroatoms. The number of carbonyl (C=O) groups excluding carboxylic acids is 2. The van der Waals surface area contributed by atoms with Gasteiger partial charge in [-0.15, -0.1) is 0 Å². The molecule has 0 aliphatic carbocycles. The molecular formula is C25H27ClN4O4. The van der Waals surface area contributed by atoms with E-state index in [4.69, 9.17) is 21.1 Å². The summed E-state index contributed by atoms with van der Waals surface area (Å²) < 4.78 is 12.7. The van der Waals surface area contributed by atoms with Crippen LogP contribution in [0.1, 0.15) is 34.1 Å². The van der Waals surface area contributed by atoms with E-state index >= 15 is 0 Å². The van der Waals surface area contributed by atoms with Crippen molar-refractivity contribution < 1.29 is 19.1 Å². The van der Waals surface area contributed by atoms with E-state index in [1.807, 2.05) is 38.1 Å². The number of anilines is 1. The zero-order chi connectivity index (χ0) is 24.2. The third-order valence-corrected chi connectivity index (χ3v) is 5.95. The fourth-order valence-corrected chi connectivity index (χ4v) is 4.06. The Morgan fingerprint density at radius 1 is 1.09 bits per heavy atom. The first-order chi connectivity index (χ1) is 16.4. The fourth-order valence-electron chi connectivity index (χ4n) is 3.75. The number of halogens is 1.